The van der Waals surface area contributed by atoms with Crippen LogP contribution in [0.4, 0.5) is 0 Å². The molecule has 19 heavy (non-hydrogen) atoms. The van der Waals surface area contributed by atoms with Crippen molar-refractivity contribution in [3.63, 3.8) is 0 Å². The number of hydrogen-bond acceptors (Lipinski definition) is 2. The van der Waals surface area contributed by atoms with Crippen LogP contribution in [-0.4, -0.2) is 11.2 Å². The number of aliphatic hydroxyl groups is 1. The van der Waals surface area contributed by atoms with E-state index < -0.39 is 6.10 Å². The lowest BCUT2D eigenvalue weighted by molar-refractivity contribution is 0.0960. The second kappa shape index (κ2) is 6.15. The fraction of sp³-hybridized carbons (Fsp3) is 0.625. The molecule has 2 nitrogen and oxygen atoms in total. The van der Waals surface area contributed by atoms with Gasteiger partial charge in [0.15, 0.2) is 0 Å². The Bertz CT molecular complexity index is 421. The standard InChI is InChI=1S/C16H23ClO2/c1-10-6-11(2)8-14(7-10)19-16-5-4-13(17)9-15(16)12(3)18/h4-5,9-12,14,18H,6-8H2,1-3H3. The number of hydrogen-bond donors (Lipinski definition) is 1. The van der Waals surface area contributed by atoms with Crippen LogP contribution in [0.25, 0.3) is 0 Å². The molecule has 0 radical (unpaired) electrons. The minimum Gasteiger partial charge on any atom is -0.490 e. The molecule has 1 aliphatic carbocycles. The SMILES string of the molecule is CC1CC(C)CC(Oc2ccc(Cl)cc2C(C)O)C1. The molecule has 1 aromatic rings. The minimum absolute atomic E-state index is 0.248. The summed E-state index contributed by atoms with van der Waals surface area (Å²) in [5, 5.41) is 10.5. The summed E-state index contributed by atoms with van der Waals surface area (Å²) in [5.74, 6) is 2.18. The van der Waals surface area contributed by atoms with Gasteiger partial charge in [-0.05, 0) is 56.2 Å². The molecule has 106 valence electrons. The van der Waals surface area contributed by atoms with Gasteiger partial charge in [-0.3, -0.25) is 0 Å². The van der Waals surface area contributed by atoms with Gasteiger partial charge >= 0.3 is 0 Å². The first kappa shape index (κ1) is 14.7. The lowest BCUT2D eigenvalue weighted by atomic mass is 9.82. The van der Waals surface area contributed by atoms with Crippen molar-refractivity contribution in [2.75, 3.05) is 0 Å². The highest BCUT2D eigenvalue weighted by Crippen LogP contribution is 2.34. The summed E-state index contributed by atoms with van der Waals surface area (Å²) < 4.78 is 6.12. The molecule has 1 saturated carbocycles. The first-order valence-corrected chi connectivity index (χ1v) is 7.47. The molecule has 0 saturated heterocycles. The second-order valence-corrected chi connectivity index (χ2v) is 6.45. The molecule has 3 heteroatoms. The van der Waals surface area contributed by atoms with Crippen molar-refractivity contribution in [2.24, 2.45) is 11.8 Å². The van der Waals surface area contributed by atoms with Gasteiger partial charge in [-0.25, -0.2) is 0 Å². The Morgan fingerprint density at radius 3 is 2.42 bits per heavy atom. The van der Waals surface area contributed by atoms with Crippen molar-refractivity contribution >= 4 is 11.6 Å². The fourth-order valence-electron chi connectivity index (χ4n) is 3.10. The molecule has 0 aromatic heterocycles. The zero-order valence-electron chi connectivity index (χ0n) is 11.9. The molecule has 0 heterocycles. The summed E-state index contributed by atoms with van der Waals surface area (Å²) in [5.41, 5.74) is 0.776. The van der Waals surface area contributed by atoms with Gasteiger partial charge in [0.2, 0.25) is 0 Å². The van der Waals surface area contributed by atoms with E-state index in [9.17, 15) is 5.11 Å². The molecule has 1 aliphatic rings. The van der Waals surface area contributed by atoms with Crippen molar-refractivity contribution in [2.45, 2.75) is 52.2 Å². The zero-order chi connectivity index (χ0) is 14.0. The van der Waals surface area contributed by atoms with Crippen molar-refractivity contribution < 1.29 is 9.84 Å². The summed E-state index contributed by atoms with van der Waals surface area (Å²) in [6.45, 7) is 6.30. The van der Waals surface area contributed by atoms with Crippen LogP contribution in [0.3, 0.4) is 0 Å². The minimum atomic E-state index is -0.563. The van der Waals surface area contributed by atoms with Crippen LogP contribution in [0.1, 0.15) is 51.7 Å². The van der Waals surface area contributed by atoms with Crippen molar-refractivity contribution in [1.29, 1.82) is 0 Å². The van der Waals surface area contributed by atoms with E-state index >= 15 is 0 Å². The Hall–Kier alpha value is -0.730. The largest absolute Gasteiger partial charge is 0.490 e. The first-order valence-electron chi connectivity index (χ1n) is 7.10. The summed E-state index contributed by atoms with van der Waals surface area (Å²) in [6, 6.07) is 5.48. The monoisotopic (exact) mass is 282 g/mol. The maximum atomic E-state index is 9.82. The highest BCUT2D eigenvalue weighted by molar-refractivity contribution is 6.30. The molecule has 0 aliphatic heterocycles. The van der Waals surface area contributed by atoms with Crippen LogP contribution in [-0.2, 0) is 0 Å². The smallest absolute Gasteiger partial charge is 0.125 e. The third-order valence-electron chi connectivity index (χ3n) is 3.85. The maximum Gasteiger partial charge on any atom is 0.125 e. The molecule has 0 amide bonds. The normalized spacial score (nSPS) is 29.0. The number of aliphatic hydroxyl groups excluding tert-OH is 1. The van der Waals surface area contributed by atoms with Crippen LogP contribution in [0.15, 0.2) is 18.2 Å². The van der Waals surface area contributed by atoms with Crippen LogP contribution in [0, 0.1) is 11.8 Å². The van der Waals surface area contributed by atoms with E-state index in [1.807, 2.05) is 12.1 Å². The van der Waals surface area contributed by atoms with E-state index in [1.54, 1.807) is 13.0 Å². The fourth-order valence-corrected chi connectivity index (χ4v) is 3.28. The predicted molar refractivity (Wildman–Crippen MR) is 78.7 cm³/mol. The zero-order valence-corrected chi connectivity index (χ0v) is 12.7. The van der Waals surface area contributed by atoms with Gasteiger partial charge in [0.05, 0.1) is 12.2 Å². The first-order chi connectivity index (χ1) is 8.95. The van der Waals surface area contributed by atoms with Gasteiger partial charge < -0.3 is 9.84 Å². The molecule has 2 rings (SSSR count). The molecular weight excluding hydrogens is 260 g/mol. The number of halogens is 1. The van der Waals surface area contributed by atoms with Gasteiger partial charge in [-0.15, -0.1) is 0 Å². The molecule has 1 aromatic carbocycles. The Kier molecular flexibility index (Phi) is 4.75. The topological polar surface area (TPSA) is 29.5 Å². The van der Waals surface area contributed by atoms with E-state index in [0.29, 0.717) is 16.9 Å². The van der Waals surface area contributed by atoms with Gasteiger partial charge in [-0.1, -0.05) is 25.4 Å². The van der Waals surface area contributed by atoms with Crippen LogP contribution < -0.4 is 4.74 Å². The number of benzene rings is 1. The van der Waals surface area contributed by atoms with E-state index in [0.717, 1.165) is 24.2 Å². The third kappa shape index (κ3) is 3.87. The Labute approximate surface area is 120 Å². The Balaban J connectivity index is 2.14. The second-order valence-electron chi connectivity index (χ2n) is 6.02. The summed E-state index contributed by atoms with van der Waals surface area (Å²) >= 11 is 5.98. The van der Waals surface area contributed by atoms with Gasteiger partial charge in [0.1, 0.15) is 5.75 Å². The highest BCUT2D eigenvalue weighted by Gasteiger charge is 2.26. The van der Waals surface area contributed by atoms with Gasteiger partial charge in [0.25, 0.3) is 0 Å². The van der Waals surface area contributed by atoms with E-state index in [2.05, 4.69) is 13.8 Å². The lowest BCUT2D eigenvalue weighted by Crippen LogP contribution is -2.28. The molecule has 3 unspecified atom stereocenters. The predicted octanol–water partition coefficient (Wildman–Crippen LogP) is 4.60. The summed E-state index contributed by atoms with van der Waals surface area (Å²) in [6.07, 6.45) is 3.15. The molecule has 0 bridgehead atoms. The van der Waals surface area contributed by atoms with Crippen LogP contribution in [0.5, 0.6) is 5.75 Å². The lowest BCUT2D eigenvalue weighted by Gasteiger charge is -2.32. The van der Waals surface area contributed by atoms with Gasteiger partial charge in [-0.2, -0.15) is 0 Å². The van der Waals surface area contributed by atoms with E-state index in [-0.39, 0.29) is 6.10 Å². The Morgan fingerprint density at radius 2 is 1.84 bits per heavy atom. The van der Waals surface area contributed by atoms with Crippen LogP contribution in [0.2, 0.25) is 5.02 Å². The third-order valence-corrected chi connectivity index (χ3v) is 4.09. The van der Waals surface area contributed by atoms with Crippen molar-refractivity contribution in [1.82, 2.24) is 0 Å². The van der Waals surface area contributed by atoms with Crippen LogP contribution >= 0.6 is 11.6 Å². The molecular formula is C16H23ClO2. The Morgan fingerprint density at radius 1 is 1.21 bits per heavy atom. The molecule has 1 N–H and O–H groups in total. The molecule has 0 spiro atoms. The maximum absolute atomic E-state index is 9.82. The van der Waals surface area contributed by atoms with Crippen molar-refractivity contribution in [3.8, 4) is 5.75 Å². The van der Waals surface area contributed by atoms with E-state index in [1.165, 1.54) is 6.42 Å². The summed E-state index contributed by atoms with van der Waals surface area (Å²) in [7, 11) is 0. The average Bonchev–Trinajstić information content (AvgIpc) is 2.30. The number of ether oxygens (including phenoxy) is 1. The molecule has 3 atom stereocenters. The van der Waals surface area contributed by atoms with E-state index in [4.69, 9.17) is 16.3 Å². The molecule has 1 fully saturated rings. The van der Waals surface area contributed by atoms with Gasteiger partial charge in [0, 0.05) is 10.6 Å². The van der Waals surface area contributed by atoms with Crippen molar-refractivity contribution in [3.05, 3.63) is 28.8 Å². The average molecular weight is 283 g/mol. The highest BCUT2D eigenvalue weighted by atomic mass is 35.5. The summed E-state index contributed by atoms with van der Waals surface area (Å²) in [4.78, 5) is 0. The number of rotatable bonds is 3. The quantitative estimate of drug-likeness (QED) is 0.878.